The summed E-state index contributed by atoms with van der Waals surface area (Å²) in [5, 5.41) is 0. The first kappa shape index (κ1) is 37.8. The first-order valence-corrected chi connectivity index (χ1v) is 17.2. The Morgan fingerprint density at radius 2 is 1.17 bits per heavy atom. The van der Waals surface area contributed by atoms with E-state index in [1.54, 1.807) is 58.8 Å². The maximum absolute atomic E-state index is 13.1. The lowest BCUT2D eigenvalue weighted by molar-refractivity contribution is -0.154. The maximum Gasteiger partial charge on any atom is 0.303 e. The van der Waals surface area contributed by atoms with Crippen LogP contribution in [0.25, 0.3) is 0 Å². The molecular weight excluding hydrogens is 700 g/mol. The van der Waals surface area contributed by atoms with E-state index < -0.39 is 42.3 Å². The minimum absolute atomic E-state index is 0.221. The zero-order valence-electron chi connectivity index (χ0n) is 31.7. The fraction of sp³-hybridized carbons (Fsp3) is 0.366. The van der Waals surface area contributed by atoms with Gasteiger partial charge in [0.05, 0.1) is 55.7 Å². The molecule has 5 unspecified atom stereocenters. The molecule has 13 nitrogen and oxygen atoms in total. The van der Waals surface area contributed by atoms with Crippen LogP contribution in [0.3, 0.4) is 0 Å². The van der Waals surface area contributed by atoms with E-state index in [1.807, 2.05) is 30.3 Å². The monoisotopic (exact) mass is 744 g/mol. The Kier molecular flexibility index (Phi) is 11.2. The Labute approximate surface area is 313 Å². The SMILES string of the molecule is COc1ccc(C2Oc3c(c(OC)cc(OC)c3C3c4c(OC)cc(OC)cc4OC(c4ccc(OC)c(OC)c4)C3OC(C)=O)CC2OC(C)=O)cc1. The molecule has 2 aliphatic heterocycles. The van der Waals surface area contributed by atoms with Crippen LogP contribution in [0.15, 0.2) is 60.7 Å². The number of hydrogen-bond acceptors (Lipinski definition) is 13. The molecule has 5 atom stereocenters. The second-order valence-corrected chi connectivity index (χ2v) is 12.6. The topological polar surface area (TPSA) is 136 Å². The third kappa shape index (κ3) is 7.05. The van der Waals surface area contributed by atoms with Gasteiger partial charge < -0.3 is 52.1 Å². The van der Waals surface area contributed by atoms with E-state index in [1.165, 1.54) is 35.2 Å². The average Bonchev–Trinajstić information content (AvgIpc) is 3.18. The molecule has 0 radical (unpaired) electrons. The molecule has 4 aromatic rings. The van der Waals surface area contributed by atoms with Crippen LogP contribution >= 0.6 is 0 Å². The van der Waals surface area contributed by atoms with Gasteiger partial charge in [0.25, 0.3) is 0 Å². The zero-order valence-corrected chi connectivity index (χ0v) is 31.7. The molecule has 2 aliphatic rings. The Bertz CT molecular complexity index is 2010. The third-order valence-electron chi connectivity index (χ3n) is 9.61. The molecule has 54 heavy (non-hydrogen) atoms. The molecule has 0 fully saturated rings. The number of carbonyl (C=O) groups excluding carboxylic acids is 2. The van der Waals surface area contributed by atoms with Crippen LogP contribution in [0, 0.1) is 0 Å². The van der Waals surface area contributed by atoms with Gasteiger partial charge in [-0.3, -0.25) is 9.59 Å². The number of esters is 2. The summed E-state index contributed by atoms with van der Waals surface area (Å²) in [5.74, 6) is 2.26. The van der Waals surface area contributed by atoms with Crippen molar-refractivity contribution in [3.05, 3.63) is 88.5 Å². The van der Waals surface area contributed by atoms with Gasteiger partial charge in [-0.05, 0) is 29.8 Å². The van der Waals surface area contributed by atoms with Crippen molar-refractivity contribution in [3.63, 3.8) is 0 Å². The van der Waals surface area contributed by atoms with Crippen LogP contribution in [0.1, 0.15) is 59.8 Å². The van der Waals surface area contributed by atoms with Crippen molar-refractivity contribution in [2.45, 2.75) is 50.6 Å². The van der Waals surface area contributed by atoms with Crippen molar-refractivity contribution < 1.29 is 61.7 Å². The number of methoxy groups -OCH3 is 7. The van der Waals surface area contributed by atoms with E-state index in [4.69, 9.17) is 52.1 Å². The predicted octanol–water partition coefficient (Wildman–Crippen LogP) is 6.55. The smallest absolute Gasteiger partial charge is 0.303 e. The van der Waals surface area contributed by atoms with Crippen molar-refractivity contribution >= 4 is 11.9 Å². The summed E-state index contributed by atoms with van der Waals surface area (Å²) in [6, 6.07) is 17.9. The summed E-state index contributed by atoms with van der Waals surface area (Å²) in [4.78, 5) is 25.6. The second kappa shape index (κ2) is 15.9. The van der Waals surface area contributed by atoms with Gasteiger partial charge in [-0.1, -0.05) is 18.2 Å². The molecule has 0 saturated carbocycles. The summed E-state index contributed by atoms with van der Waals surface area (Å²) < 4.78 is 66.2. The molecule has 6 rings (SSSR count). The molecule has 0 spiro atoms. The van der Waals surface area contributed by atoms with Crippen LogP contribution in [0.4, 0.5) is 0 Å². The summed E-state index contributed by atoms with van der Waals surface area (Å²) in [6.45, 7) is 2.69. The van der Waals surface area contributed by atoms with Gasteiger partial charge in [-0.15, -0.1) is 0 Å². The minimum Gasteiger partial charge on any atom is -0.497 e. The van der Waals surface area contributed by atoms with Crippen molar-refractivity contribution in [1.29, 1.82) is 0 Å². The van der Waals surface area contributed by atoms with Gasteiger partial charge in [-0.2, -0.15) is 0 Å². The molecule has 13 heteroatoms. The molecule has 0 aliphatic carbocycles. The zero-order chi connectivity index (χ0) is 38.7. The second-order valence-electron chi connectivity index (χ2n) is 12.6. The highest BCUT2D eigenvalue weighted by molar-refractivity contribution is 5.70. The lowest BCUT2D eigenvalue weighted by Gasteiger charge is -2.42. The highest BCUT2D eigenvalue weighted by Crippen LogP contribution is 2.58. The standard InChI is InChI=1S/C41H44O13/c1-21(42)51-34-19-27-29(47-6)20-32(50-9)36(40(27)54-38(34)23-10-13-25(44-3)14-11-23)37-35-31(49-8)17-26(45-4)18-33(35)53-39(41(37)52-22(2)43)24-12-15-28(46-5)30(16-24)48-7/h10-18,20,34,37-39,41H,19H2,1-9H3. The van der Waals surface area contributed by atoms with Crippen LogP contribution in [0.5, 0.6) is 51.7 Å². The first-order valence-electron chi connectivity index (χ1n) is 17.2. The Morgan fingerprint density at radius 1 is 0.556 bits per heavy atom. The van der Waals surface area contributed by atoms with Crippen LogP contribution in [0.2, 0.25) is 0 Å². The quantitative estimate of drug-likeness (QED) is 0.145. The number of hydrogen-bond donors (Lipinski definition) is 0. The fourth-order valence-corrected chi connectivity index (χ4v) is 7.28. The number of carbonyl (C=O) groups is 2. The van der Waals surface area contributed by atoms with Crippen molar-refractivity contribution in [1.82, 2.24) is 0 Å². The summed E-state index contributed by atoms with van der Waals surface area (Å²) in [5.41, 5.74) is 3.06. The molecule has 0 bridgehead atoms. The van der Waals surface area contributed by atoms with Crippen molar-refractivity contribution in [3.8, 4) is 51.7 Å². The largest absolute Gasteiger partial charge is 0.497 e. The van der Waals surface area contributed by atoms with E-state index in [-0.39, 0.29) is 6.42 Å². The van der Waals surface area contributed by atoms with E-state index in [0.717, 1.165) is 5.56 Å². The first-order chi connectivity index (χ1) is 26.1. The lowest BCUT2D eigenvalue weighted by Crippen LogP contribution is -2.40. The van der Waals surface area contributed by atoms with Crippen molar-refractivity contribution in [2.75, 3.05) is 49.8 Å². The third-order valence-corrected chi connectivity index (χ3v) is 9.61. The summed E-state index contributed by atoms with van der Waals surface area (Å²) in [6.07, 6.45) is -3.22. The van der Waals surface area contributed by atoms with Gasteiger partial charge in [-0.25, -0.2) is 0 Å². The Morgan fingerprint density at radius 3 is 1.76 bits per heavy atom. The van der Waals surface area contributed by atoms with Crippen LogP contribution in [-0.2, 0) is 25.5 Å². The van der Waals surface area contributed by atoms with E-state index in [2.05, 4.69) is 0 Å². The minimum atomic E-state index is -1.03. The molecule has 0 saturated heterocycles. The lowest BCUT2D eigenvalue weighted by atomic mass is 9.77. The number of fused-ring (bicyclic) bond motifs is 2. The maximum atomic E-state index is 13.1. The molecule has 0 amide bonds. The Hall–Kier alpha value is -5.98. The Balaban J connectivity index is 1.67. The molecular formula is C41H44O13. The number of ether oxygens (including phenoxy) is 11. The van der Waals surface area contributed by atoms with E-state index in [0.29, 0.717) is 74.0 Å². The number of rotatable bonds is 12. The van der Waals surface area contributed by atoms with Crippen LogP contribution in [-0.4, -0.2) is 73.9 Å². The predicted molar refractivity (Wildman–Crippen MR) is 195 cm³/mol. The molecule has 286 valence electrons. The van der Waals surface area contributed by atoms with E-state index in [9.17, 15) is 9.59 Å². The van der Waals surface area contributed by atoms with Crippen LogP contribution < -0.4 is 42.6 Å². The van der Waals surface area contributed by atoms with E-state index >= 15 is 0 Å². The molecule has 0 aromatic heterocycles. The van der Waals surface area contributed by atoms with Crippen molar-refractivity contribution in [2.24, 2.45) is 0 Å². The highest BCUT2D eigenvalue weighted by Gasteiger charge is 2.49. The summed E-state index contributed by atoms with van der Waals surface area (Å²) >= 11 is 0. The normalized spacial score (nSPS) is 19.8. The molecule has 2 heterocycles. The van der Waals surface area contributed by atoms with Gasteiger partial charge in [0, 0.05) is 60.7 Å². The average molecular weight is 745 g/mol. The number of benzene rings is 4. The fourth-order valence-electron chi connectivity index (χ4n) is 7.28. The van der Waals surface area contributed by atoms with Gasteiger partial charge in [0.15, 0.2) is 29.8 Å². The molecule has 4 aromatic carbocycles. The van der Waals surface area contributed by atoms with Gasteiger partial charge in [0.2, 0.25) is 0 Å². The molecule has 0 N–H and O–H groups in total. The van der Waals surface area contributed by atoms with Gasteiger partial charge >= 0.3 is 11.9 Å². The highest BCUT2D eigenvalue weighted by atomic mass is 16.6. The van der Waals surface area contributed by atoms with Gasteiger partial charge in [0.1, 0.15) is 46.4 Å². The summed E-state index contributed by atoms with van der Waals surface area (Å²) in [7, 11) is 10.8.